The van der Waals surface area contributed by atoms with Gasteiger partial charge in [-0.25, -0.2) is 0 Å². The molecule has 0 saturated carbocycles. The molecule has 0 aromatic heterocycles. The van der Waals surface area contributed by atoms with Crippen molar-refractivity contribution >= 4 is 11.6 Å². The zero-order chi connectivity index (χ0) is 16.7. The van der Waals surface area contributed by atoms with Gasteiger partial charge in [-0.1, -0.05) is 18.2 Å². The van der Waals surface area contributed by atoms with Crippen molar-refractivity contribution in [2.75, 3.05) is 38.2 Å². The minimum Gasteiger partial charge on any atom is -0.371 e. The summed E-state index contributed by atoms with van der Waals surface area (Å²) in [6.07, 6.45) is -2.65. The van der Waals surface area contributed by atoms with Gasteiger partial charge < -0.3 is 15.0 Å². The first-order valence-corrected chi connectivity index (χ1v) is 7.67. The molecule has 1 aromatic carbocycles. The number of rotatable bonds is 6. The zero-order valence-electron chi connectivity index (χ0n) is 12.8. The van der Waals surface area contributed by atoms with Gasteiger partial charge in [-0.15, -0.1) is 0 Å². The van der Waals surface area contributed by atoms with Crippen LogP contribution in [-0.2, 0) is 9.53 Å². The van der Waals surface area contributed by atoms with Crippen LogP contribution >= 0.6 is 0 Å². The van der Waals surface area contributed by atoms with Crippen molar-refractivity contribution in [3.8, 4) is 0 Å². The van der Waals surface area contributed by atoms with Gasteiger partial charge in [-0.2, -0.15) is 13.2 Å². The van der Waals surface area contributed by atoms with Crippen LogP contribution < -0.4 is 5.32 Å². The summed E-state index contributed by atoms with van der Waals surface area (Å²) >= 11 is 0. The molecule has 1 N–H and O–H groups in total. The van der Waals surface area contributed by atoms with Gasteiger partial charge in [-0.05, 0) is 31.5 Å². The molecule has 4 nitrogen and oxygen atoms in total. The van der Waals surface area contributed by atoms with E-state index in [2.05, 4.69) is 10.1 Å². The lowest BCUT2D eigenvalue weighted by molar-refractivity contribution is -0.174. The summed E-state index contributed by atoms with van der Waals surface area (Å²) in [7, 11) is 0. The number of nitrogens with zero attached hydrogens (tertiary/aromatic N) is 1. The molecular formula is C16H21F3N2O2. The second-order valence-electron chi connectivity index (χ2n) is 5.66. The molecule has 1 aromatic rings. The van der Waals surface area contributed by atoms with Crippen LogP contribution in [0.1, 0.15) is 12.8 Å². The third kappa shape index (κ3) is 6.58. The maximum absolute atomic E-state index is 12.3. The molecule has 1 fully saturated rings. The third-order valence-corrected chi connectivity index (χ3v) is 3.74. The van der Waals surface area contributed by atoms with Gasteiger partial charge in [0, 0.05) is 18.8 Å². The monoisotopic (exact) mass is 330 g/mol. The Labute approximate surface area is 133 Å². The highest BCUT2D eigenvalue weighted by molar-refractivity contribution is 5.92. The molecule has 23 heavy (non-hydrogen) atoms. The second kappa shape index (κ2) is 8.31. The molecule has 0 unspecified atom stereocenters. The summed E-state index contributed by atoms with van der Waals surface area (Å²) in [5.74, 6) is -0.191. The van der Waals surface area contributed by atoms with Crippen molar-refractivity contribution in [3.05, 3.63) is 30.3 Å². The van der Waals surface area contributed by atoms with Crippen molar-refractivity contribution in [2.24, 2.45) is 5.92 Å². The fourth-order valence-electron chi connectivity index (χ4n) is 2.62. The van der Waals surface area contributed by atoms with E-state index in [1.54, 1.807) is 0 Å². The largest absolute Gasteiger partial charge is 0.411 e. The molecule has 1 heterocycles. The Morgan fingerprint density at radius 1 is 1.30 bits per heavy atom. The third-order valence-electron chi connectivity index (χ3n) is 3.74. The van der Waals surface area contributed by atoms with Crippen LogP contribution in [0, 0.1) is 5.92 Å². The van der Waals surface area contributed by atoms with Crippen molar-refractivity contribution < 1.29 is 22.7 Å². The molecule has 1 amide bonds. The summed E-state index contributed by atoms with van der Waals surface area (Å²) in [5, 5.41) is 2.87. The first-order chi connectivity index (χ1) is 10.9. The molecule has 1 atom stereocenters. The normalized spacial score (nSPS) is 19.5. The van der Waals surface area contributed by atoms with Crippen LogP contribution in [-0.4, -0.2) is 49.8 Å². The van der Waals surface area contributed by atoms with Crippen LogP contribution in [0.3, 0.4) is 0 Å². The first-order valence-electron chi connectivity index (χ1n) is 7.67. The van der Waals surface area contributed by atoms with Crippen LogP contribution in [0.5, 0.6) is 0 Å². The lowest BCUT2D eigenvalue weighted by atomic mass is 9.97. The SMILES string of the molecule is O=C(Nc1ccccc1)[C@H]1CCCN(CCOCC(F)(F)F)C1. The van der Waals surface area contributed by atoms with E-state index in [-0.39, 0.29) is 18.4 Å². The average molecular weight is 330 g/mol. The van der Waals surface area contributed by atoms with Crippen LogP contribution in [0.2, 0.25) is 0 Å². The van der Waals surface area contributed by atoms with Crippen molar-refractivity contribution in [3.63, 3.8) is 0 Å². The van der Waals surface area contributed by atoms with E-state index in [0.29, 0.717) is 13.1 Å². The highest BCUT2D eigenvalue weighted by atomic mass is 19.4. The van der Waals surface area contributed by atoms with E-state index >= 15 is 0 Å². The average Bonchev–Trinajstić information content (AvgIpc) is 2.52. The highest BCUT2D eigenvalue weighted by Gasteiger charge is 2.28. The van der Waals surface area contributed by atoms with Gasteiger partial charge in [0.05, 0.1) is 12.5 Å². The number of piperidine rings is 1. The van der Waals surface area contributed by atoms with E-state index in [4.69, 9.17) is 0 Å². The van der Waals surface area contributed by atoms with Gasteiger partial charge >= 0.3 is 6.18 Å². The summed E-state index contributed by atoms with van der Waals surface area (Å²) in [6, 6.07) is 9.22. The zero-order valence-corrected chi connectivity index (χ0v) is 12.8. The summed E-state index contributed by atoms with van der Waals surface area (Å²) < 4.78 is 40.6. The van der Waals surface area contributed by atoms with Crippen LogP contribution in [0.25, 0.3) is 0 Å². The molecule has 0 spiro atoms. The molecule has 2 rings (SSSR count). The number of amides is 1. The molecule has 1 aliphatic rings. The van der Waals surface area contributed by atoms with Crippen molar-refractivity contribution in [2.45, 2.75) is 19.0 Å². The van der Waals surface area contributed by atoms with Gasteiger partial charge in [0.25, 0.3) is 0 Å². The number of alkyl halides is 3. The molecule has 0 radical (unpaired) electrons. The number of benzene rings is 1. The number of nitrogens with one attached hydrogen (secondary N) is 1. The second-order valence-corrected chi connectivity index (χ2v) is 5.66. The number of para-hydroxylation sites is 1. The molecule has 0 bridgehead atoms. The number of hydrogen-bond acceptors (Lipinski definition) is 3. The van der Waals surface area contributed by atoms with Gasteiger partial charge in [0.15, 0.2) is 0 Å². The Morgan fingerprint density at radius 2 is 2.04 bits per heavy atom. The molecule has 1 aliphatic heterocycles. The van der Waals surface area contributed by atoms with Crippen LogP contribution in [0.15, 0.2) is 30.3 Å². The number of anilines is 1. The first kappa shape index (κ1) is 17.7. The Bertz CT molecular complexity index is 494. The van der Waals surface area contributed by atoms with Crippen molar-refractivity contribution in [1.29, 1.82) is 0 Å². The number of ether oxygens (including phenoxy) is 1. The van der Waals surface area contributed by atoms with Crippen LogP contribution in [0.4, 0.5) is 18.9 Å². The Morgan fingerprint density at radius 3 is 2.74 bits per heavy atom. The molecule has 7 heteroatoms. The lowest BCUT2D eigenvalue weighted by Crippen LogP contribution is -2.42. The van der Waals surface area contributed by atoms with Gasteiger partial charge in [0.2, 0.25) is 5.91 Å². The van der Waals surface area contributed by atoms with E-state index in [0.717, 1.165) is 25.1 Å². The molecular weight excluding hydrogens is 309 g/mol. The number of hydrogen-bond donors (Lipinski definition) is 1. The summed E-state index contributed by atoms with van der Waals surface area (Å²) in [6.45, 7) is 0.537. The minimum atomic E-state index is -4.29. The predicted octanol–water partition coefficient (Wildman–Crippen LogP) is 2.92. The van der Waals surface area contributed by atoms with Gasteiger partial charge in [0.1, 0.15) is 6.61 Å². The quantitative estimate of drug-likeness (QED) is 0.816. The Kier molecular flexibility index (Phi) is 6.41. The topological polar surface area (TPSA) is 41.6 Å². The lowest BCUT2D eigenvalue weighted by Gasteiger charge is -2.31. The number of halogens is 3. The maximum atomic E-state index is 12.3. The number of carbonyl (C=O) groups is 1. The summed E-state index contributed by atoms with van der Waals surface area (Å²) in [5.41, 5.74) is 0.753. The van der Waals surface area contributed by atoms with E-state index in [1.165, 1.54) is 0 Å². The molecule has 128 valence electrons. The van der Waals surface area contributed by atoms with E-state index in [9.17, 15) is 18.0 Å². The fourth-order valence-corrected chi connectivity index (χ4v) is 2.62. The van der Waals surface area contributed by atoms with E-state index in [1.807, 2.05) is 35.2 Å². The standard InChI is InChI=1S/C16H21F3N2O2/c17-16(18,19)12-23-10-9-21-8-4-5-13(11-21)15(22)20-14-6-2-1-3-7-14/h1-3,6-7,13H,4-5,8-12H2,(H,20,22)/t13-/m0/s1. The Balaban J connectivity index is 1.73. The molecule has 1 saturated heterocycles. The number of likely N-dealkylation sites (tertiary alicyclic amines) is 1. The predicted molar refractivity (Wildman–Crippen MR) is 81.1 cm³/mol. The minimum absolute atomic E-state index is 0.0204. The fraction of sp³-hybridized carbons (Fsp3) is 0.562. The summed E-state index contributed by atoms with van der Waals surface area (Å²) in [4.78, 5) is 14.2. The highest BCUT2D eigenvalue weighted by Crippen LogP contribution is 2.19. The molecule has 0 aliphatic carbocycles. The smallest absolute Gasteiger partial charge is 0.371 e. The Hall–Kier alpha value is -1.60. The van der Waals surface area contributed by atoms with Crippen molar-refractivity contribution in [1.82, 2.24) is 4.90 Å². The van der Waals surface area contributed by atoms with E-state index < -0.39 is 12.8 Å². The van der Waals surface area contributed by atoms with Gasteiger partial charge in [-0.3, -0.25) is 4.79 Å². The maximum Gasteiger partial charge on any atom is 0.411 e. The number of carbonyl (C=O) groups excluding carboxylic acids is 1.